The molecule has 109 valence electrons. The molecular formula is C17H24NO2. The van der Waals surface area contributed by atoms with Crippen molar-refractivity contribution >= 4 is 12.1 Å². The van der Waals surface area contributed by atoms with Crippen LogP contribution in [0.25, 0.3) is 0 Å². The van der Waals surface area contributed by atoms with Gasteiger partial charge in [-0.15, -0.1) is 0 Å². The largest absolute Gasteiger partial charge is 0.309 e. The Morgan fingerprint density at radius 3 is 2.30 bits per heavy atom. The minimum absolute atomic E-state index is 0.241. The fourth-order valence-electron chi connectivity index (χ4n) is 2.24. The summed E-state index contributed by atoms with van der Waals surface area (Å²) in [5, 5.41) is 0. The van der Waals surface area contributed by atoms with E-state index in [4.69, 9.17) is 5.73 Å². The van der Waals surface area contributed by atoms with Crippen LogP contribution in [0.4, 0.5) is 0 Å². The van der Waals surface area contributed by atoms with E-state index < -0.39 is 5.54 Å². The molecule has 0 aliphatic rings. The summed E-state index contributed by atoms with van der Waals surface area (Å²) in [4.78, 5) is 23.4. The van der Waals surface area contributed by atoms with Crippen LogP contribution in [0.1, 0.15) is 57.4 Å². The normalized spacial score (nSPS) is 13.7. The summed E-state index contributed by atoms with van der Waals surface area (Å²) in [6.07, 6.45) is 8.65. The Kier molecular flexibility index (Phi) is 7.16. The van der Waals surface area contributed by atoms with Crippen LogP contribution in [0.15, 0.2) is 30.3 Å². The van der Waals surface area contributed by atoms with E-state index in [-0.39, 0.29) is 5.78 Å². The van der Waals surface area contributed by atoms with Crippen LogP contribution < -0.4 is 5.73 Å². The molecule has 3 nitrogen and oxygen atoms in total. The maximum absolute atomic E-state index is 12.2. The molecule has 1 rings (SSSR count). The average molecular weight is 274 g/mol. The quantitative estimate of drug-likeness (QED) is 0.526. The molecule has 2 N–H and O–H groups in total. The van der Waals surface area contributed by atoms with Gasteiger partial charge in [-0.05, 0) is 12.0 Å². The molecule has 1 radical (unpaired) electrons. The highest BCUT2D eigenvalue weighted by molar-refractivity contribution is 6.03. The summed E-state index contributed by atoms with van der Waals surface area (Å²) in [5.74, 6) is -0.241. The van der Waals surface area contributed by atoms with E-state index in [0.717, 1.165) is 19.3 Å². The van der Waals surface area contributed by atoms with Crippen molar-refractivity contribution in [2.45, 2.75) is 57.4 Å². The van der Waals surface area contributed by atoms with Crippen molar-refractivity contribution in [1.29, 1.82) is 0 Å². The second-order valence-electron chi connectivity index (χ2n) is 5.22. The Labute approximate surface area is 121 Å². The number of benzene rings is 1. The van der Waals surface area contributed by atoms with Crippen LogP contribution in [0, 0.1) is 0 Å². The maximum atomic E-state index is 12.2. The molecule has 20 heavy (non-hydrogen) atoms. The Bertz CT molecular complexity index is 416. The van der Waals surface area contributed by atoms with Crippen LogP contribution in [-0.2, 0) is 15.1 Å². The molecule has 1 aromatic carbocycles. The Hall–Kier alpha value is -1.48. The van der Waals surface area contributed by atoms with E-state index in [2.05, 4.69) is 6.92 Å². The van der Waals surface area contributed by atoms with E-state index in [1.807, 2.05) is 6.07 Å². The predicted octanol–water partition coefficient (Wildman–Crippen LogP) is 3.27. The van der Waals surface area contributed by atoms with Crippen LogP contribution in [-0.4, -0.2) is 12.1 Å². The predicted molar refractivity (Wildman–Crippen MR) is 81.0 cm³/mol. The maximum Gasteiger partial charge on any atom is 0.233 e. The first-order valence-corrected chi connectivity index (χ1v) is 7.42. The first-order valence-electron chi connectivity index (χ1n) is 7.42. The third-order valence-corrected chi connectivity index (χ3v) is 3.59. The molecule has 0 fully saturated rings. The van der Waals surface area contributed by atoms with Crippen molar-refractivity contribution in [2.75, 3.05) is 0 Å². The van der Waals surface area contributed by atoms with E-state index >= 15 is 0 Å². The minimum atomic E-state index is -1.61. The van der Waals surface area contributed by atoms with Gasteiger partial charge in [0.2, 0.25) is 6.29 Å². The lowest BCUT2D eigenvalue weighted by Gasteiger charge is -2.21. The molecule has 0 amide bonds. The molecule has 0 bridgehead atoms. The lowest BCUT2D eigenvalue weighted by atomic mass is 9.85. The highest BCUT2D eigenvalue weighted by Gasteiger charge is 2.35. The first kappa shape index (κ1) is 16.6. The lowest BCUT2D eigenvalue weighted by molar-refractivity contribution is -0.122. The van der Waals surface area contributed by atoms with Gasteiger partial charge in [-0.2, -0.15) is 0 Å². The summed E-state index contributed by atoms with van der Waals surface area (Å²) in [5.41, 5.74) is 4.86. The van der Waals surface area contributed by atoms with Gasteiger partial charge < -0.3 is 5.73 Å². The van der Waals surface area contributed by atoms with Crippen molar-refractivity contribution in [3.63, 3.8) is 0 Å². The van der Waals surface area contributed by atoms with Gasteiger partial charge >= 0.3 is 0 Å². The zero-order chi connectivity index (χ0) is 14.8. The van der Waals surface area contributed by atoms with Crippen LogP contribution in [0.3, 0.4) is 0 Å². The van der Waals surface area contributed by atoms with Crippen molar-refractivity contribution in [2.24, 2.45) is 5.73 Å². The molecule has 0 heterocycles. The summed E-state index contributed by atoms with van der Waals surface area (Å²) in [6, 6.07) is 8.76. The lowest BCUT2D eigenvalue weighted by Crippen LogP contribution is -2.46. The zero-order valence-electron chi connectivity index (χ0n) is 12.2. The van der Waals surface area contributed by atoms with E-state index in [1.165, 1.54) is 19.3 Å². The zero-order valence-corrected chi connectivity index (χ0v) is 12.2. The molecule has 0 saturated heterocycles. The molecule has 1 aromatic rings. The fraction of sp³-hybridized carbons (Fsp3) is 0.529. The van der Waals surface area contributed by atoms with E-state index in [1.54, 1.807) is 30.6 Å². The Morgan fingerprint density at radius 2 is 1.70 bits per heavy atom. The Morgan fingerprint density at radius 1 is 1.10 bits per heavy atom. The summed E-state index contributed by atoms with van der Waals surface area (Å²) in [6.45, 7) is 2.17. The second-order valence-corrected chi connectivity index (χ2v) is 5.22. The molecule has 1 atom stereocenters. The number of carbonyl (C=O) groups excluding carboxylic acids is 2. The number of rotatable bonds is 10. The standard InChI is InChI=1S/C17H24NO2/c1-2-3-4-5-6-10-13-16(20)17(18,14-19)15-11-8-7-9-12-15/h7-9,11-12H,2-6,10,13,18H2,1H3. The van der Waals surface area contributed by atoms with Crippen LogP contribution in [0.2, 0.25) is 0 Å². The smallest absolute Gasteiger partial charge is 0.233 e. The molecule has 3 heteroatoms. The monoisotopic (exact) mass is 274 g/mol. The minimum Gasteiger partial charge on any atom is -0.309 e. The molecular weight excluding hydrogens is 250 g/mol. The molecule has 0 saturated carbocycles. The summed E-state index contributed by atoms with van der Waals surface area (Å²) in [7, 11) is 0. The number of hydrogen-bond acceptors (Lipinski definition) is 3. The van der Waals surface area contributed by atoms with Gasteiger partial charge in [0.25, 0.3) is 0 Å². The highest BCUT2D eigenvalue weighted by atomic mass is 16.1. The fourth-order valence-corrected chi connectivity index (χ4v) is 2.24. The molecule has 0 aromatic heterocycles. The van der Waals surface area contributed by atoms with Gasteiger partial charge in [-0.25, -0.2) is 0 Å². The first-order chi connectivity index (χ1) is 9.65. The highest BCUT2D eigenvalue weighted by Crippen LogP contribution is 2.20. The van der Waals surface area contributed by atoms with Gasteiger partial charge in [0.1, 0.15) is 0 Å². The number of carbonyl (C=O) groups is 1. The Balaban J connectivity index is 2.49. The van der Waals surface area contributed by atoms with Crippen molar-refractivity contribution in [3.05, 3.63) is 35.9 Å². The van der Waals surface area contributed by atoms with Gasteiger partial charge in [0.15, 0.2) is 11.3 Å². The van der Waals surface area contributed by atoms with Crippen molar-refractivity contribution < 1.29 is 9.59 Å². The third-order valence-electron chi connectivity index (χ3n) is 3.59. The number of ketones is 1. The molecule has 0 aliphatic heterocycles. The summed E-state index contributed by atoms with van der Waals surface area (Å²) < 4.78 is 0. The van der Waals surface area contributed by atoms with Crippen LogP contribution in [0.5, 0.6) is 0 Å². The number of hydrogen-bond donors (Lipinski definition) is 1. The topological polar surface area (TPSA) is 60.2 Å². The van der Waals surface area contributed by atoms with Crippen molar-refractivity contribution in [1.82, 2.24) is 0 Å². The van der Waals surface area contributed by atoms with Crippen LogP contribution >= 0.6 is 0 Å². The third kappa shape index (κ3) is 4.57. The van der Waals surface area contributed by atoms with E-state index in [0.29, 0.717) is 12.0 Å². The summed E-state index contributed by atoms with van der Waals surface area (Å²) >= 11 is 0. The van der Waals surface area contributed by atoms with E-state index in [9.17, 15) is 9.59 Å². The number of unbranched alkanes of at least 4 members (excludes halogenated alkanes) is 5. The molecule has 1 unspecified atom stereocenters. The van der Waals surface area contributed by atoms with Gasteiger partial charge in [0.05, 0.1) is 0 Å². The second kappa shape index (κ2) is 8.64. The number of Topliss-reactive ketones (excluding diaryl/α,β-unsaturated/α-hetero) is 1. The molecule has 0 spiro atoms. The number of nitrogens with two attached hydrogens (primary N) is 1. The molecule has 0 aliphatic carbocycles. The van der Waals surface area contributed by atoms with Gasteiger partial charge in [-0.3, -0.25) is 9.59 Å². The van der Waals surface area contributed by atoms with Gasteiger partial charge in [-0.1, -0.05) is 69.4 Å². The van der Waals surface area contributed by atoms with Gasteiger partial charge in [0, 0.05) is 6.42 Å². The SMILES string of the molecule is CCCCCCCCC(=O)C(N)([C]=O)c1ccccc1. The van der Waals surface area contributed by atoms with Crippen molar-refractivity contribution in [3.8, 4) is 0 Å². The average Bonchev–Trinajstić information content (AvgIpc) is 2.50.